The smallest absolute Gasteiger partial charge is 0.264 e. The van der Waals surface area contributed by atoms with E-state index in [0.29, 0.717) is 28.8 Å². The Balaban J connectivity index is 1.66. The van der Waals surface area contributed by atoms with Crippen molar-refractivity contribution < 1.29 is 8.42 Å². The molecule has 0 unspecified atom stereocenters. The molecule has 0 saturated carbocycles. The molecule has 0 fully saturated rings. The Morgan fingerprint density at radius 2 is 1.71 bits per heavy atom. The van der Waals surface area contributed by atoms with Crippen molar-refractivity contribution in [2.24, 2.45) is 7.05 Å². The van der Waals surface area contributed by atoms with Crippen LogP contribution < -0.4 is 4.31 Å². The van der Waals surface area contributed by atoms with Gasteiger partial charge in [-0.3, -0.25) is 4.31 Å². The predicted molar refractivity (Wildman–Crippen MR) is 156 cm³/mol. The lowest BCUT2D eigenvalue weighted by Gasteiger charge is -2.28. The Morgan fingerprint density at radius 3 is 2.37 bits per heavy atom. The number of aryl methyl sites for hydroxylation is 3. The van der Waals surface area contributed by atoms with E-state index in [4.69, 9.17) is 10.2 Å². The Hall–Kier alpha value is -3.19. The molecular formula is C29H32BrN5O2S. The predicted octanol–water partition coefficient (Wildman–Crippen LogP) is 5.53. The largest absolute Gasteiger partial charge is 0.331 e. The molecule has 0 radical (unpaired) electrons. The molecule has 0 atom stereocenters. The lowest BCUT2D eigenvalue weighted by molar-refractivity contribution is 0.313. The second-order valence-electron chi connectivity index (χ2n) is 9.13. The van der Waals surface area contributed by atoms with Gasteiger partial charge in [0.25, 0.3) is 10.0 Å². The Morgan fingerprint density at radius 1 is 0.974 bits per heavy atom. The third kappa shape index (κ3) is 6.09. The summed E-state index contributed by atoms with van der Waals surface area (Å²) in [6.07, 6.45) is 1.53. The maximum Gasteiger partial charge on any atom is 0.264 e. The van der Waals surface area contributed by atoms with E-state index in [1.54, 1.807) is 18.2 Å². The number of benzene rings is 3. The number of halogens is 1. The fraction of sp³-hybridized carbons (Fsp3) is 0.310. The average Bonchev–Trinajstić information content (AvgIpc) is 3.24. The normalized spacial score (nSPS) is 11.7. The van der Waals surface area contributed by atoms with Crippen LogP contribution in [-0.4, -0.2) is 49.0 Å². The van der Waals surface area contributed by atoms with Crippen molar-refractivity contribution >= 4 is 42.7 Å². The number of nitriles is 1. The van der Waals surface area contributed by atoms with Crippen LogP contribution in [0, 0.1) is 11.3 Å². The number of sulfonamides is 1. The molecular weight excluding hydrogens is 562 g/mol. The Labute approximate surface area is 233 Å². The molecule has 0 saturated heterocycles. The van der Waals surface area contributed by atoms with Gasteiger partial charge in [-0.1, -0.05) is 48.0 Å². The summed E-state index contributed by atoms with van der Waals surface area (Å²) in [4.78, 5) is 7.33. The van der Waals surface area contributed by atoms with Crippen LogP contribution in [0.4, 0.5) is 5.69 Å². The van der Waals surface area contributed by atoms with Gasteiger partial charge in [0.2, 0.25) is 0 Å². The number of anilines is 1. The van der Waals surface area contributed by atoms with Gasteiger partial charge in [-0.15, -0.1) is 0 Å². The fourth-order valence-electron chi connectivity index (χ4n) is 4.53. The van der Waals surface area contributed by atoms with E-state index in [-0.39, 0.29) is 4.90 Å². The number of likely N-dealkylation sites (N-methyl/N-ethyl adjacent to an activating group) is 1. The van der Waals surface area contributed by atoms with Crippen molar-refractivity contribution in [1.82, 2.24) is 14.5 Å². The molecule has 0 aliphatic heterocycles. The molecule has 0 N–H and O–H groups in total. The average molecular weight is 595 g/mol. The molecule has 4 rings (SSSR count). The van der Waals surface area contributed by atoms with Gasteiger partial charge in [0.05, 0.1) is 33.2 Å². The lowest BCUT2D eigenvalue weighted by Crippen LogP contribution is -2.38. The van der Waals surface area contributed by atoms with Crippen LogP contribution in [0.5, 0.6) is 0 Å². The minimum atomic E-state index is -3.79. The van der Waals surface area contributed by atoms with Gasteiger partial charge in [-0.25, -0.2) is 13.4 Å². The van der Waals surface area contributed by atoms with E-state index >= 15 is 0 Å². The first-order valence-electron chi connectivity index (χ1n) is 12.7. The van der Waals surface area contributed by atoms with Crippen molar-refractivity contribution in [3.05, 3.63) is 88.2 Å². The fourth-order valence-corrected chi connectivity index (χ4v) is 6.58. The summed E-state index contributed by atoms with van der Waals surface area (Å²) < 4.78 is 31.9. The highest BCUT2D eigenvalue weighted by atomic mass is 79.9. The summed E-state index contributed by atoms with van der Waals surface area (Å²) in [5, 5.41) is 9.02. The molecule has 0 aliphatic rings. The van der Waals surface area contributed by atoms with Crippen molar-refractivity contribution in [2.45, 2.75) is 31.6 Å². The molecule has 4 aromatic rings. The molecule has 0 spiro atoms. The Bertz CT molecular complexity index is 1550. The zero-order valence-corrected chi connectivity index (χ0v) is 24.3. The highest BCUT2D eigenvalue weighted by Crippen LogP contribution is 2.29. The van der Waals surface area contributed by atoms with Crippen molar-refractivity contribution in [3.63, 3.8) is 0 Å². The van der Waals surface area contributed by atoms with Gasteiger partial charge in [0.15, 0.2) is 0 Å². The standard InChI is InChI=1S/C29H32BrN5O2S/c1-4-34(5-2)17-18-35(38(36,37)26-8-6-7-24(30)19-26)25-14-15-28-27(20-25)32-29(33(28)3)16-13-22-9-11-23(21-31)12-10-22/h6-12,14-15,19-20H,4-5,13,16-18H2,1-3H3. The summed E-state index contributed by atoms with van der Waals surface area (Å²) >= 11 is 3.41. The summed E-state index contributed by atoms with van der Waals surface area (Å²) in [6, 6.07) is 22.3. The number of nitrogens with zero attached hydrogens (tertiary/aromatic N) is 5. The van der Waals surface area contributed by atoms with Gasteiger partial charge < -0.3 is 9.47 Å². The second kappa shape index (κ2) is 12.1. The maximum absolute atomic E-state index is 13.8. The van der Waals surface area contributed by atoms with E-state index in [1.807, 2.05) is 55.6 Å². The summed E-state index contributed by atoms with van der Waals surface area (Å²) in [5.41, 5.74) is 4.09. The van der Waals surface area contributed by atoms with E-state index in [2.05, 4.69) is 45.3 Å². The van der Waals surface area contributed by atoms with Crippen molar-refractivity contribution in [3.8, 4) is 6.07 Å². The van der Waals surface area contributed by atoms with Crippen LogP contribution >= 0.6 is 15.9 Å². The van der Waals surface area contributed by atoms with Gasteiger partial charge in [0, 0.05) is 31.0 Å². The number of hydrogen-bond donors (Lipinski definition) is 0. The molecule has 198 valence electrons. The number of hydrogen-bond acceptors (Lipinski definition) is 5. The van der Waals surface area contributed by atoms with Crippen LogP contribution in [0.2, 0.25) is 0 Å². The monoisotopic (exact) mass is 593 g/mol. The topological polar surface area (TPSA) is 82.2 Å². The zero-order chi connectivity index (χ0) is 27.3. The quantitative estimate of drug-likeness (QED) is 0.228. The third-order valence-corrected chi connectivity index (χ3v) is 9.18. The first-order chi connectivity index (χ1) is 18.3. The minimum absolute atomic E-state index is 0.246. The maximum atomic E-state index is 13.8. The molecule has 3 aromatic carbocycles. The summed E-state index contributed by atoms with van der Waals surface area (Å²) in [6.45, 7) is 6.81. The molecule has 0 aliphatic carbocycles. The first-order valence-corrected chi connectivity index (χ1v) is 14.9. The van der Waals surface area contributed by atoms with E-state index in [0.717, 1.165) is 48.4 Å². The van der Waals surface area contributed by atoms with E-state index < -0.39 is 10.0 Å². The molecule has 0 amide bonds. The number of fused-ring (bicyclic) bond motifs is 1. The summed E-state index contributed by atoms with van der Waals surface area (Å²) in [5.74, 6) is 0.922. The highest BCUT2D eigenvalue weighted by Gasteiger charge is 2.26. The third-order valence-electron chi connectivity index (χ3n) is 6.86. The zero-order valence-electron chi connectivity index (χ0n) is 21.9. The molecule has 7 nitrogen and oxygen atoms in total. The van der Waals surface area contributed by atoms with Gasteiger partial charge >= 0.3 is 0 Å². The van der Waals surface area contributed by atoms with Crippen LogP contribution in [0.1, 0.15) is 30.8 Å². The molecule has 38 heavy (non-hydrogen) atoms. The van der Waals surface area contributed by atoms with Crippen LogP contribution in [0.25, 0.3) is 11.0 Å². The van der Waals surface area contributed by atoms with Gasteiger partial charge in [-0.05, 0) is 73.6 Å². The molecule has 9 heteroatoms. The molecule has 1 aromatic heterocycles. The van der Waals surface area contributed by atoms with Gasteiger partial charge in [-0.2, -0.15) is 5.26 Å². The SMILES string of the molecule is CCN(CC)CCN(c1ccc2c(c1)nc(CCc1ccc(C#N)cc1)n2C)S(=O)(=O)c1cccc(Br)c1. The van der Waals surface area contributed by atoms with Crippen molar-refractivity contribution in [2.75, 3.05) is 30.5 Å². The van der Waals surface area contributed by atoms with Gasteiger partial charge in [0.1, 0.15) is 5.82 Å². The second-order valence-corrected chi connectivity index (χ2v) is 11.9. The van der Waals surface area contributed by atoms with Crippen LogP contribution in [-0.2, 0) is 29.9 Å². The van der Waals surface area contributed by atoms with Crippen LogP contribution in [0.3, 0.4) is 0 Å². The lowest BCUT2D eigenvalue weighted by atomic mass is 10.1. The molecule has 1 heterocycles. The van der Waals surface area contributed by atoms with Crippen molar-refractivity contribution in [1.29, 1.82) is 5.26 Å². The van der Waals surface area contributed by atoms with E-state index in [1.165, 1.54) is 4.31 Å². The number of aromatic nitrogens is 2. The van der Waals surface area contributed by atoms with E-state index in [9.17, 15) is 8.42 Å². The van der Waals surface area contributed by atoms with Crippen LogP contribution in [0.15, 0.2) is 76.1 Å². The Kier molecular flexibility index (Phi) is 8.87. The number of imidazole rings is 1. The number of rotatable bonds is 11. The summed E-state index contributed by atoms with van der Waals surface area (Å²) in [7, 11) is -1.81. The molecule has 0 bridgehead atoms. The minimum Gasteiger partial charge on any atom is -0.331 e. The highest BCUT2D eigenvalue weighted by molar-refractivity contribution is 9.10. The first kappa shape index (κ1) is 27.8.